The summed E-state index contributed by atoms with van der Waals surface area (Å²) in [6, 6.07) is 0. The van der Waals surface area contributed by atoms with Crippen molar-refractivity contribution in [3.63, 3.8) is 0 Å². The molecule has 0 amide bonds. The Kier molecular flexibility index (Phi) is 24.4. The zero-order valence-electron chi connectivity index (χ0n) is 21.7. The lowest BCUT2D eigenvalue weighted by atomic mass is 10.1. The minimum atomic E-state index is -0.825. The molecule has 0 fully saturated rings. The quantitative estimate of drug-likeness (QED) is 0.0990. The molecule has 0 aromatic carbocycles. The van der Waals surface area contributed by atoms with E-state index in [1.54, 1.807) is 0 Å². The molecule has 0 aliphatic heterocycles. The van der Waals surface area contributed by atoms with Crippen LogP contribution in [-0.2, 0) is 18.9 Å². The van der Waals surface area contributed by atoms with Gasteiger partial charge in [0, 0.05) is 19.6 Å². The smallest absolute Gasteiger partial charge is 0.282 e. The van der Waals surface area contributed by atoms with Gasteiger partial charge in [-0.25, -0.2) is 0 Å². The highest BCUT2D eigenvalue weighted by Crippen LogP contribution is 2.26. The van der Waals surface area contributed by atoms with Crippen LogP contribution in [0.1, 0.15) is 137 Å². The van der Waals surface area contributed by atoms with E-state index in [9.17, 15) is 0 Å². The number of hydrogen-bond acceptors (Lipinski definition) is 4. The molecule has 0 bridgehead atoms. The van der Waals surface area contributed by atoms with E-state index < -0.39 is 5.97 Å². The van der Waals surface area contributed by atoms with Gasteiger partial charge in [0.15, 0.2) is 0 Å². The molecule has 0 saturated heterocycles. The van der Waals surface area contributed by atoms with Gasteiger partial charge in [0.2, 0.25) is 0 Å². The van der Waals surface area contributed by atoms with E-state index in [2.05, 4.69) is 27.7 Å². The Morgan fingerprint density at radius 2 is 0.774 bits per heavy atom. The molecule has 0 radical (unpaired) electrons. The van der Waals surface area contributed by atoms with Gasteiger partial charge in [-0.1, -0.05) is 91.9 Å². The molecule has 4 nitrogen and oxygen atoms in total. The molecule has 0 unspecified atom stereocenters. The minimum Gasteiger partial charge on any atom is -0.381 e. The number of hydrogen-bond donors (Lipinski definition) is 0. The van der Waals surface area contributed by atoms with Crippen LogP contribution in [0.2, 0.25) is 0 Å². The Labute approximate surface area is 195 Å². The van der Waals surface area contributed by atoms with Crippen molar-refractivity contribution in [2.45, 2.75) is 143 Å². The Morgan fingerprint density at radius 3 is 1.23 bits per heavy atom. The molecular formula is C27H56O4. The van der Waals surface area contributed by atoms with Crippen molar-refractivity contribution in [2.75, 3.05) is 33.0 Å². The second-order valence-electron chi connectivity index (χ2n) is 8.83. The van der Waals surface area contributed by atoms with Crippen LogP contribution in [0.4, 0.5) is 0 Å². The molecule has 31 heavy (non-hydrogen) atoms. The predicted octanol–water partition coefficient (Wildman–Crippen LogP) is 8.42. The maximum absolute atomic E-state index is 6.21. The summed E-state index contributed by atoms with van der Waals surface area (Å²) in [6.45, 7) is 12.8. The van der Waals surface area contributed by atoms with Crippen LogP contribution in [0.15, 0.2) is 0 Å². The van der Waals surface area contributed by atoms with E-state index in [1.165, 1.54) is 57.8 Å². The van der Waals surface area contributed by atoms with Crippen LogP contribution in [0.3, 0.4) is 0 Å². The SMILES string of the molecule is CCCCCOCCCCCCCCCC(OCCCC)(OCCCC)OCCCC. The first-order valence-electron chi connectivity index (χ1n) is 13.7. The first-order chi connectivity index (χ1) is 15.2. The predicted molar refractivity (Wildman–Crippen MR) is 133 cm³/mol. The van der Waals surface area contributed by atoms with Gasteiger partial charge in [0.1, 0.15) is 0 Å². The molecule has 0 aromatic rings. The molecule has 4 heteroatoms. The molecule has 0 N–H and O–H groups in total. The van der Waals surface area contributed by atoms with E-state index in [0.29, 0.717) is 0 Å². The van der Waals surface area contributed by atoms with Crippen molar-refractivity contribution in [1.29, 1.82) is 0 Å². The first-order valence-corrected chi connectivity index (χ1v) is 13.7. The van der Waals surface area contributed by atoms with Crippen molar-refractivity contribution in [3.05, 3.63) is 0 Å². The molecule has 0 heterocycles. The van der Waals surface area contributed by atoms with E-state index >= 15 is 0 Å². The summed E-state index contributed by atoms with van der Waals surface area (Å²) in [5.41, 5.74) is 0. The monoisotopic (exact) mass is 444 g/mol. The lowest BCUT2D eigenvalue weighted by molar-refractivity contribution is -0.384. The van der Waals surface area contributed by atoms with Gasteiger partial charge < -0.3 is 18.9 Å². The average molecular weight is 445 g/mol. The fourth-order valence-electron chi connectivity index (χ4n) is 3.44. The molecule has 0 saturated carbocycles. The van der Waals surface area contributed by atoms with Gasteiger partial charge >= 0.3 is 0 Å². The van der Waals surface area contributed by atoms with Crippen molar-refractivity contribution in [2.24, 2.45) is 0 Å². The maximum atomic E-state index is 6.21. The maximum Gasteiger partial charge on any atom is 0.282 e. The van der Waals surface area contributed by atoms with Crippen LogP contribution in [-0.4, -0.2) is 39.0 Å². The van der Waals surface area contributed by atoms with Gasteiger partial charge in [-0.05, 0) is 38.5 Å². The highest BCUT2D eigenvalue weighted by Gasteiger charge is 2.32. The Hall–Kier alpha value is -0.160. The molecule has 0 aliphatic rings. The zero-order valence-corrected chi connectivity index (χ0v) is 21.7. The highest BCUT2D eigenvalue weighted by atomic mass is 16.9. The molecule has 0 aromatic heterocycles. The topological polar surface area (TPSA) is 36.9 Å². The van der Waals surface area contributed by atoms with Crippen molar-refractivity contribution >= 4 is 0 Å². The van der Waals surface area contributed by atoms with Crippen LogP contribution < -0.4 is 0 Å². The minimum absolute atomic E-state index is 0.718. The van der Waals surface area contributed by atoms with E-state index in [-0.39, 0.29) is 0 Å². The third-order valence-corrected chi connectivity index (χ3v) is 5.62. The summed E-state index contributed by atoms with van der Waals surface area (Å²) in [4.78, 5) is 0. The van der Waals surface area contributed by atoms with Crippen LogP contribution in [0.25, 0.3) is 0 Å². The lowest BCUT2D eigenvalue weighted by Gasteiger charge is -2.33. The summed E-state index contributed by atoms with van der Waals surface area (Å²) in [5.74, 6) is -0.825. The Bertz CT molecular complexity index is 309. The van der Waals surface area contributed by atoms with Gasteiger partial charge in [0.25, 0.3) is 5.97 Å². The third kappa shape index (κ3) is 20.2. The molecule has 0 rings (SSSR count). The van der Waals surface area contributed by atoms with Crippen LogP contribution in [0, 0.1) is 0 Å². The van der Waals surface area contributed by atoms with E-state index in [0.717, 1.165) is 84.4 Å². The van der Waals surface area contributed by atoms with E-state index in [4.69, 9.17) is 18.9 Å². The first kappa shape index (κ1) is 30.8. The summed E-state index contributed by atoms with van der Waals surface area (Å²) in [6.07, 6.45) is 19.9. The van der Waals surface area contributed by atoms with Crippen molar-refractivity contribution in [1.82, 2.24) is 0 Å². The van der Waals surface area contributed by atoms with Gasteiger partial charge in [0.05, 0.1) is 19.8 Å². The van der Waals surface area contributed by atoms with Gasteiger partial charge in [-0.15, -0.1) is 0 Å². The summed E-state index contributed by atoms with van der Waals surface area (Å²) < 4.78 is 24.3. The summed E-state index contributed by atoms with van der Waals surface area (Å²) in [7, 11) is 0. The molecule has 188 valence electrons. The standard InChI is InChI=1S/C27H56O4/c1-5-9-19-22-28-23-20-17-15-13-14-16-18-21-27(29-24-10-6-2,30-25-11-7-3)31-26-12-8-4/h5-26H2,1-4H3. The van der Waals surface area contributed by atoms with E-state index in [1.807, 2.05) is 0 Å². The van der Waals surface area contributed by atoms with Crippen LogP contribution >= 0.6 is 0 Å². The van der Waals surface area contributed by atoms with Crippen molar-refractivity contribution in [3.8, 4) is 0 Å². The fraction of sp³-hybridized carbons (Fsp3) is 1.00. The number of ether oxygens (including phenoxy) is 4. The van der Waals surface area contributed by atoms with Gasteiger partial charge in [-0.2, -0.15) is 0 Å². The van der Waals surface area contributed by atoms with Crippen LogP contribution in [0.5, 0.6) is 0 Å². The van der Waals surface area contributed by atoms with Gasteiger partial charge in [-0.3, -0.25) is 0 Å². The average Bonchev–Trinajstić information content (AvgIpc) is 2.77. The largest absolute Gasteiger partial charge is 0.381 e. The third-order valence-electron chi connectivity index (χ3n) is 5.62. The second kappa shape index (κ2) is 24.5. The molecule has 0 spiro atoms. The number of rotatable bonds is 26. The highest BCUT2D eigenvalue weighted by molar-refractivity contribution is 4.61. The second-order valence-corrected chi connectivity index (χ2v) is 8.83. The normalized spacial score (nSPS) is 12.0. The zero-order chi connectivity index (χ0) is 22.9. The Balaban J connectivity index is 4.08. The van der Waals surface area contributed by atoms with Crippen molar-refractivity contribution < 1.29 is 18.9 Å². The fourth-order valence-corrected chi connectivity index (χ4v) is 3.44. The molecule has 0 atom stereocenters. The number of unbranched alkanes of at least 4 members (excludes halogenated alkanes) is 11. The molecule has 0 aliphatic carbocycles. The molecular weight excluding hydrogens is 388 g/mol. The summed E-state index contributed by atoms with van der Waals surface area (Å²) in [5, 5.41) is 0. The summed E-state index contributed by atoms with van der Waals surface area (Å²) >= 11 is 0. The Morgan fingerprint density at radius 1 is 0.387 bits per heavy atom. The lowest BCUT2D eigenvalue weighted by Crippen LogP contribution is -2.40.